The number of hydrogen-bond donors (Lipinski definition) is 3. The number of thiocarbonyl (C=S) groups is 1. The number of alkyl halides is 3. The van der Waals surface area contributed by atoms with Crippen molar-refractivity contribution in [2.75, 3.05) is 5.32 Å². The molecule has 1 atom stereocenters. The minimum absolute atomic E-state index is 0.150. The van der Waals surface area contributed by atoms with Crippen molar-refractivity contribution in [3.05, 3.63) is 78.1 Å². The van der Waals surface area contributed by atoms with E-state index in [4.69, 9.17) is 47.0 Å². The predicted octanol–water partition coefficient (Wildman–Crippen LogP) is 5.39. The summed E-state index contributed by atoms with van der Waals surface area (Å²) in [5, 5.41) is 10.5. The summed E-state index contributed by atoms with van der Waals surface area (Å²) in [7, 11) is 0. The van der Waals surface area contributed by atoms with Crippen molar-refractivity contribution in [3.8, 4) is 0 Å². The van der Waals surface area contributed by atoms with Gasteiger partial charge in [-0.25, -0.2) is 4.39 Å². The molecule has 0 spiro atoms. The normalized spacial score (nSPS) is 12.3. The molecule has 0 bridgehead atoms. The molecule has 3 aromatic carbocycles. The van der Waals surface area contributed by atoms with Gasteiger partial charge in [0.1, 0.15) is 12.0 Å². The van der Waals surface area contributed by atoms with E-state index < -0.39 is 21.7 Å². The van der Waals surface area contributed by atoms with Gasteiger partial charge in [0.25, 0.3) is 5.91 Å². The van der Waals surface area contributed by atoms with E-state index in [1.807, 2.05) is 42.5 Å². The molecule has 0 aromatic heterocycles. The Kier molecular flexibility index (Phi) is 6.80. The smallest absolute Gasteiger partial charge is 0.252 e. The molecule has 0 saturated carbocycles. The van der Waals surface area contributed by atoms with Crippen LogP contribution < -0.4 is 16.0 Å². The number of anilines is 1. The van der Waals surface area contributed by atoms with E-state index in [0.29, 0.717) is 0 Å². The minimum atomic E-state index is -1.90. The highest BCUT2D eigenvalue weighted by atomic mass is 35.6. The first-order chi connectivity index (χ1) is 13.7. The first kappa shape index (κ1) is 21.6. The molecule has 1 amide bonds. The minimum Gasteiger partial charge on any atom is -0.339 e. The van der Waals surface area contributed by atoms with E-state index in [-0.39, 0.29) is 10.7 Å². The highest BCUT2D eigenvalue weighted by molar-refractivity contribution is 7.80. The van der Waals surface area contributed by atoms with Crippen molar-refractivity contribution >= 4 is 74.5 Å². The number of nitrogens with one attached hydrogen (secondary N) is 3. The van der Waals surface area contributed by atoms with Crippen LogP contribution in [0, 0.1) is 5.82 Å². The molecule has 0 saturated heterocycles. The van der Waals surface area contributed by atoms with Gasteiger partial charge in [-0.1, -0.05) is 71.2 Å². The fraction of sp³-hybridized carbons (Fsp3) is 0.100. The lowest BCUT2D eigenvalue weighted by atomic mass is 10.1. The van der Waals surface area contributed by atoms with E-state index in [0.717, 1.165) is 16.5 Å². The standard InChI is InChI=1S/C20H15Cl3FN3OS/c21-20(22,23)18(26-17(28)13-8-10-14(24)11-9-13)27-19(29)25-16-7-3-5-12-4-1-2-6-15(12)16/h1-11,18H,(H,26,28)(H2,25,27,29)/t18-/m1/s1. The Morgan fingerprint density at radius 3 is 2.28 bits per heavy atom. The zero-order valence-corrected chi connectivity index (χ0v) is 17.8. The van der Waals surface area contributed by atoms with Crippen LogP contribution in [0.2, 0.25) is 0 Å². The Labute approximate surface area is 187 Å². The van der Waals surface area contributed by atoms with Gasteiger partial charge < -0.3 is 16.0 Å². The van der Waals surface area contributed by atoms with E-state index in [9.17, 15) is 9.18 Å². The SMILES string of the molecule is O=C(N[C@H](NC(=S)Nc1cccc2ccccc12)C(Cl)(Cl)Cl)c1ccc(F)cc1. The summed E-state index contributed by atoms with van der Waals surface area (Å²) in [5.74, 6) is -1.01. The van der Waals surface area contributed by atoms with Gasteiger partial charge in [0.2, 0.25) is 3.79 Å². The second-order valence-corrected chi connectivity index (χ2v) is 8.86. The average molecular weight is 471 g/mol. The van der Waals surface area contributed by atoms with Crippen LogP contribution in [0.5, 0.6) is 0 Å². The van der Waals surface area contributed by atoms with Crippen LogP contribution in [0.1, 0.15) is 10.4 Å². The Morgan fingerprint density at radius 2 is 1.59 bits per heavy atom. The lowest BCUT2D eigenvalue weighted by Gasteiger charge is -2.28. The Bertz CT molecular complexity index is 1040. The summed E-state index contributed by atoms with van der Waals surface area (Å²) in [6.45, 7) is 0. The Hall–Kier alpha value is -2.12. The molecule has 0 radical (unpaired) electrons. The summed E-state index contributed by atoms with van der Waals surface area (Å²) in [4.78, 5) is 12.4. The molecule has 9 heteroatoms. The third-order valence-corrected chi connectivity index (χ3v) is 4.90. The van der Waals surface area contributed by atoms with Crippen LogP contribution in [0.3, 0.4) is 0 Å². The quantitative estimate of drug-likeness (QED) is 0.272. The molecule has 0 unspecified atom stereocenters. The highest BCUT2D eigenvalue weighted by Crippen LogP contribution is 2.29. The fourth-order valence-corrected chi connectivity index (χ4v) is 3.19. The molecular formula is C20H15Cl3FN3OS. The molecule has 150 valence electrons. The number of halogens is 4. The maximum atomic E-state index is 13.1. The van der Waals surface area contributed by atoms with E-state index >= 15 is 0 Å². The van der Waals surface area contributed by atoms with Crippen LogP contribution in [-0.4, -0.2) is 21.0 Å². The number of amides is 1. The summed E-state index contributed by atoms with van der Waals surface area (Å²) < 4.78 is 11.2. The summed E-state index contributed by atoms with van der Waals surface area (Å²) >= 11 is 23.3. The molecule has 3 N–H and O–H groups in total. The lowest BCUT2D eigenvalue weighted by Crippen LogP contribution is -2.56. The molecule has 3 aromatic rings. The average Bonchev–Trinajstić information content (AvgIpc) is 2.67. The van der Waals surface area contributed by atoms with Crippen molar-refractivity contribution in [2.45, 2.75) is 9.96 Å². The van der Waals surface area contributed by atoms with Crippen LogP contribution in [-0.2, 0) is 0 Å². The molecule has 0 heterocycles. The molecule has 3 rings (SSSR count). The number of fused-ring (bicyclic) bond motifs is 1. The molecule has 4 nitrogen and oxygen atoms in total. The molecule has 0 aliphatic carbocycles. The highest BCUT2D eigenvalue weighted by Gasteiger charge is 2.35. The van der Waals surface area contributed by atoms with Crippen LogP contribution in [0.4, 0.5) is 10.1 Å². The van der Waals surface area contributed by atoms with Gasteiger partial charge in [-0.15, -0.1) is 0 Å². The van der Waals surface area contributed by atoms with Crippen molar-refractivity contribution in [2.24, 2.45) is 0 Å². The zero-order chi connectivity index (χ0) is 21.0. The number of carbonyl (C=O) groups excluding carboxylic acids is 1. The number of benzene rings is 3. The lowest BCUT2D eigenvalue weighted by molar-refractivity contribution is 0.0934. The fourth-order valence-electron chi connectivity index (χ4n) is 2.64. The first-order valence-corrected chi connectivity index (χ1v) is 9.97. The molecule has 0 aliphatic heterocycles. The largest absolute Gasteiger partial charge is 0.339 e. The van der Waals surface area contributed by atoms with Gasteiger partial charge in [-0.3, -0.25) is 4.79 Å². The summed E-state index contributed by atoms with van der Waals surface area (Å²) in [6.07, 6.45) is -1.14. The summed E-state index contributed by atoms with van der Waals surface area (Å²) in [5.41, 5.74) is 0.967. The first-order valence-electron chi connectivity index (χ1n) is 8.42. The summed E-state index contributed by atoms with van der Waals surface area (Å²) in [6, 6.07) is 18.5. The molecule has 0 aliphatic rings. The van der Waals surface area contributed by atoms with Gasteiger partial charge in [0.15, 0.2) is 5.11 Å². The van der Waals surface area contributed by atoms with E-state index in [1.54, 1.807) is 0 Å². The second kappa shape index (κ2) is 9.13. The van der Waals surface area contributed by atoms with Crippen molar-refractivity contribution in [1.29, 1.82) is 0 Å². The number of carbonyl (C=O) groups is 1. The van der Waals surface area contributed by atoms with E-state index in [2.05, 4.69) is 16.0 Å². The Balaban J connectivity index is 1.73. The third-order valence-electron chi connectivity index (χ3n) is 4.02. The van der Waals surface area contributed by atoms with Crippen LogP contribution >= 0.6 is 47.0 Å². The topological polar surface area (TPSA) is 53.2 Å². The van der Waals surface area contributed by atoms with Crippen molar-refractivity contribution in [3.63, 3.8) is 0 Å². The maximum Gasteiger partial charge on any atom is 0.252 e. The molecular weight excluding hydrogens is 456 g/mol. The number of hydrogen-bond acceptors (Lipinski definition) is 2. The van der Waals surface area contributed by atoms with Crippen molar-refractivity contribution < 1.29 is 9.18 Å². The third kappa shape index (κ3) is 5.70. The van der Waals surface area contributed by atoms with Crippen LogP contribution in [0.25, 0.3) is 10.8 Å². The molecule has 29 heavy (non-hydrogen) atoms. The molecule has 0 fully saturated rings. The van der Waals surface area contributed by atoms with Gasteiger partial charge in [0, 0.05) is 16.6 Å². The van der Waals surface area contributed by atoms with Gasteiger partial charge >= 0.3 is 0 Å². The van der Waals surface area contributed by atoms with Gasteiger partial charge in [-0.2, -0.15) is 0 Å². The van der Waals surface area contributed by atoms with Gasteiger partial charge in [-0.05, 0) is 47.9 Å². The van der Waals surface area contributed by atoms with Crippen molar-refractivity contribution in [1.82, 2.24) is 10.6 Å². The van der Waals surface area contributed by atoms with Gasteiger partial charge in [0.05, 0.1) is 0 Å². The number of rotatable bonds is 4. The Morgan fingerprint density at radius 1 is 0.931 bits per heavy atom. The maximum absolute atomic E-state index is 13.1. The monoisotopic (exact) mass is 469 g/mol. The zero-order valence-electron chi connectivity index (χ0n) is 14.8. The predicted molar refractivity (Wildman–Crippen MR) is 121 cm³/mol. The van der Waals surface area contributed by atoms with E-state index in [1.165, 1.54) is 24.3 Å². The second-order valence-electron chi connectivity index (χ2n) is 6.08. The van der Waals surface area contributed by atoms with Crippen LogP contribution in [0.15, 0.2) is 66.7 Å².